The molecule has 9 aliphatic rings. The number of phenolic OH excluding ortho intramolecular Hbond substituents is 1. The predicted molar refractivity (Wildman–Crippen MR) is 314 cm³/mol. The van der Waals surface area contributed by atoms with E-state index >= 15 is 4.79 Å². The number of aliphatic hydroxyl groups excluding tert-OH is 9. The second kappa shape index (κ2) is 25.7. The third-order valence-electron chi connectivity index (χ3n) is 23.1. The highest BCUT2D eigenvalue weighted by atomic mass is 16.8. The largest absolute Gasteiger partial charge is 0.507 e. The monoisotopic (exact) mass is 1260 g/mol. The van der Waals surface area contributed by atoms with Gasteiger partial charge in [-0.2, -0.15) is 0 Å². The predicted octanol–water partition coefficient (Wildman–Crippen LogP) is 2.14. The topological polar surface area (TPSA) is 376 Å². The lowest BCUT2D eigenvalue weighted by molar-refractivity contribution is -0.370. The van der Waals surface area contributed by atoms with Gasteiger partial charge in [-0.15, -0.1) is 0 Å². The fraction of sp³-hybridized carbons (Fsp3) is 0.712. The molecule has 0 radical (unpaired) electrons. The molecule has 25 atom stereocenters. The van der Waals surface area contributed by atoms with Crippen LogP contribution in [0.25, 0.3) is 0 Å². The summed E-state index contributed by atoms with van der Waals surface area (Å²) in [6.45, 7) is 9.11. The Labute approximate surface area is 522 Å². The number of hydrogen-bond acceptors (Lipinski definition) is 22. The molecule has 8 fully saturated rings. The molecule has 24 heteroatoms. The van der Waals surface area contributed by atoms with Crippen molar-refractivity contribution in [2.45, 2.75) is 223 Å². The van der Waals surface area contributed by atoms with Crippen LogP contribution in [0.2, 0.25) is 0 Å². The van der Waals surface area contributed by atoms with Crippen molar-refractivity contribution in [3.8, 4) is 11.5 Å². The summed E-state index contributed by atoms with van der Waals surface area (Å²) in [5.41, 5.74) is 0.233. The number of nitrogens with one attached hydrogen (secondary N) is 2. The average molecular weight is 1260 g/mol. The standard InChI is InChI=1S/C66H90N2O22/c1-32-17-21-65(37(24-32)48-38-25-44-62(3)20-19-45(74)63(4,31-71)43(62)18-22-66(38,44)64(48,5)26-46(65)75)61(83)90-60-56(89-59-54(81)52(79)55(33(2)86-59)88-58-53(80)50(77)40(73)30-85-58)51(78)49(42(28-70)87-60)68-47(76)12-7-6-8-23-67-57(82)35-15-13-34(14-16-35)29-84-41-11-9-10-39(72)36(41)27-69/h9-11,13-16,27,31-33,37,40,42-46,49-56,58-60,70,72-75,77-81H,6-8,12,17-26,28-30H2,1-5H3,(H,67,82)(H,68,76)/t32-,33-,37?,40-,42-,43-,44?,45?,46-,49?,50?,51?,52?,53?,54?,55?,56?,58+,59+,60+,62?,63?,64-,65?,66-/m1/s1. The number of ether oxygens (including phenoxy) is 7. The molecule has 90 heavy (non-hydrogen) atoms. The first-order valence-electron chi connectivity index (χ1n) is 32.1. The van der Waals surface area contributed by atoms with Gasteiger partial charge in [-0.3, -0.25) is 19.2 Å². The van der Waals surface area contributed by atoms with Gasteiger partial charge in [0, 0.05) is 29.4 Å². The van der Waals surface area contributed by atoms with Gasteiger partial charge >= 0.3 is 5.97 Å². The number of carbonyl (C=O) groups is 5. The first kappa shape index (κ1) is 66.4. The molecule has 12 N–H and O–H groups in total. The molecule has 24 nitrogen and oxygen atoms in total. The van der Waals surface area contributed by atoms with Crippen molar-refractivity contribution in [3.05, 3.63) is 70.3 Å². The van der Waals surface area contributed by atoms with Gasteiger partial charge in [-0.25, -0.2) is 0 Å². The Hall–Kier alpha value is -5.03. The molecule has 11 rings (SSSR count). The molecule has 3 saturated heterocycles. The number of phenols is 1. The Morgan fingerprint density at radius 3 is 2.22 bits per heavy atom. The highest BCUT2D eigenvalue weighted by molar-refractivity contribution is 5.94. The number of rotatable bonds is 20. The summed E-state index contributed by atoms with van der Waals surface area (Å²) < 4.78 is 42.1. The first-order valence-corrected chi connectivity index (χ1v) is 32.1. The summed E-state index contributed by atoms with van der Waals surface area (Å²) >= 11 is 0. The number of benzene rings is 2. The number of fused-ring (bicyclic) bond motifs is 5. The van der Waals surface area contributed by atoms with Crippen LogP contribution in [0.5, 0.6) is 11.5 Å². The van der Waals surface area contributed by atoms with Gasteiger partial charge in [0.15, 0.2) is 25.0 Å². The lowest BCUT2D eigenvalue weighted by atomic mass is 9.22. The lowest BCUT2D eigenvalue weighted by Crippen LogP contribution is -2.76. The van der Waals surface area contributed by atoms with Crippen molar-refractivity contribution < 1.29 is 108 Å². The fourth-order valence-electron chi connectivity index (χ4n) is 18.1. The summed E-state index contributed by atoms with van der Waals surface area (Å²) in [6, 6.07) is 9.74. The average Bonchev–Trinajstić information content (AvgIpc) is 0.625. The number of esters is 1. The highest BCUT2D eigenvalue weighted by Crippen LogP contribution is 2.87. The Morgan fingerprint density at radius 1 is 0.767 bits per heavy atom. The minimum atomic E-state index is -1.98. The normalized spacial score (nSPS) is 43.5. The van der Waals surface area contributed by atoms with E-state index in [1.807, 2.05) is 6.92 Å². The van der Waals surface area contributed by atoms with Gasteiger partial charge in [0.2, 0.25) is 12.2 Å². The number of aliphatic hydroxyl groups is 9. The molecule has 2 aromatic rings. The molecule has 3 heterocycles. The van der Waals surface area contributed by atoms with Gasteiger partial charge in [0.05, 0.1) is 48.5 Å². The number of unbranched alkanes of at least 4 members (excludes halogenated alkanes) is 2. The quantitative estimate of drug-likeness (QED) is 0.0391. The summed E-state index contributed by atoms with van der Waals surface area (Å²) in [6.07, 6.45) is -15.6. The van der Waals surface area contributed by atoms with E-state index in [1.165, 1.54) is 18.6 Å². The van der Waals surface area contributed by atoms with Crippen LogP contribution in [-0.4, -0.2) is 199 Å². The van der Waals surface area contributed by atoms with E-state index in [1.54, 1.807) is 36.4 Å². The highest BCUT2D eigenvalue weighted by Gasteiger charge is 2.81. The number of hydrogen-bond donors (Lipinski definition) is 12. The SMILES string of the molecule is C[C@@H]1CCC2(C(=O)O[C@@H]3O[C@H](CO)C(NC(=O)CCCCCNC(=O)c4ccc(COc5cccc(O)c5C=O)cc4)C(O)C3O[C@@H]3O[C@H](C)C(O[C@@H]4OC[C@@H](O)C(O)C4O)C(O)C3O)C(C1)C1=C3CC4C5(C)CCC(O)C(C)(C=O)[C@@H]5CC[C@@]34[C@]1(C)C[C@H]2O. The van der Waals surface area contributed by atoms with Crippen molar-refractivity contribution in [2.75, 3.05) is 19.8 Å². The van der Waals surface area contributed by atoms with Crippen molar-refractivity contribution >= 4 is 30.4 Å². The van der Waals surface area contributed by atoms with E-state index in [2.05, 4.69) is 31.4 Å². The van der Waals surface area contributed by atoms with Crippen LogP contribution < -0.4 is 15.4 Å². The number of allylic oxidation sites excluding steroid dienone is 2. The zero-order valence-corrected chi connectivity index (χ0v) is 51.6. The van der Waals surface area contributed by atoms with Crippen molar-refractivity contribution in [1.29, 1.82) is 0 Å². The second-order valence-electron chi connectivity index (χ2n) is 28.0. The second-order valence-corrected chi connectivity index (χ2v) is 28.0. The van der Waals surface area contributed by atoms with E-state index < -0.39 is 145 Å². The molecule has 0 aromatic heterocycles. The molecule has 1 spiro atoms. The van der Waals surface area contributed by atoms with Gasteiger partial charge in [0.25, 0.3) is 5.91 Å². The summed E-state index contributed by atoms with van der Waals surface area (Å²) in [7, 11) is 0. The molecular formula is C66H90N2O22. The van der Waals surface area contributed by atoms with E-state index in [0.717, 1.165) is 37.5 Å². The van der Waals surface area contributed by atoms with Crippen LogP contribution in [0.4, 0.5) is 0 Å². The smallest absolute Gasteiger partial charge is 0.317 e. The van der Waals surface area contributed by atoms with Crippen LogP contribution in [0.1, 0.15) is 144 Å². The third kappa shape index (κ3) is 11.0. The molecule has 0 bridgehead atoms. The molecule has 5 saturated carbocycles. The Kier molecular flexibility index (Phi) is 19.0. The van der Waals surface area contributed by atoms with Crippen molar-refractivity contribution in [2.24, 2.45) is 50.7 Å². The summed E-state index contributed by atoms with van der Waals surface area (Å²) in [4.78, 5) is 66.6. The van der Waals surface area contributed by atoms with E-state index in [0.29, 0.717) is 55.9 Å². The van der Waals surface area contributed by atoms with Gasteiger partial charge < -0.3 is 99.7 Å². The maximum Gasteiger partial charge on any atom is 0.317 e. The maximum atomic E-state index is 15.6. The van der Waals surface area contributed by atoms with Crippen LogP contribution in [0, 0.1) is 50.7 Å². The van der Waals surface area contributed by atoms with Gasteiger partial charge in [0.1, 0.15) is 78.6 Å². The number of aldehydes is 2. The van der Waals surface area contributed by atoms with Crippen LogP contribution >= 0.6 is 0 Å². The van der Waals surface area contributed by atoms with E-state index in [-0.39, 0.29) is 84.0 Å². The van der Waals surface area contributed by atoms with Gasteiger partial charge in [-0.05, 0) is 136 Å². The Bertz CT molecular complexity index is 3020. The number of carbonyl (C=O) groups excluding carboxylic acids is 5. The molecule has 496 valence electrons. The molecule has 2 aromatic carbocycles. The first-order chi connectivity index (χ1) is 42.8. The maximum absolute atomic E-state index is 15.6. The zero-order valence-electron chi connectivity index (χ0n) is 51.6. The van der Waals surface area contributed by atoms with Crippen molar-refractivity contribution in [1.82, 2.24) is 10.6 Å². The van der Waals surface area contributed by atoms with Crippen molar-refractivity contribution in [3.63, 3.8) is 0 Å². The lowest BCUT2D eigenvalue weighted by Gasteiger charge is -2.81. The van der Waals surface area contributed by atoms with E-state index in [4.69, 9.17) is 33.2 Å². The molecule has 6 aliphatic carbocycles. The minimum absolute atomic E-state index is 0.0203. The molecule has 2 amide bonds. The Morgan fingerprint density at radius 2 is 1.50 bits per heavy atom. The number of aromatic hydroxyl groups is 1. The molecule has 14 unspecified atom stereocenters. The summed E-state index contributed by atoms with van der Waals surface area (Å²) in [5, 5.41) is 117. The minimum Gasteiger partial charge on any atom is -0.507 e. The van der Waals surface area contributed by atoms with Gasteiger partial charge in [-0.1, -0.05) is 63.5 Å². The third-order valence-corrected chi connectivity index (χ3v) is 23.1. The van der Waals surface area contributed by atoms with Crippen LogP contribution in [0.15, 0.2) is 53.6 Å². The number of amides is 2. The van der Waals surface area contributed by atoms with E-state index in [9.17, 15) is 70.2 Å². The molecule has 3 aliphatic heterocycles. The van der Waals surface area contributed by atoms with Crippen LogP contribution in [-0.2, 0) is 49.4 Å². The zero-order chi connectivity index (χ0) is 64.6. The summed E-state index contributed by atoms with van der Waals surface area (Å²) in [5.74, 6) is -1.81. The molecular weight excluding hydrogens is 1170 g/mol. The fourth-order valence-corrected chi connectivity index (χ4v) is 18.1. The van der Waals surface area contributed by atoms with Crippen LogP contribution in [0.3, 0.4) is 0 Å². The Balaban J connectivity index is 0.772.